The van der Waals surface area contributed by atoms with Crippen LogP contribution in [-0.2, 0) is 15.0 Å². The lowest BCUT2D eigenvalue weighted by atomic mass is 9.56. The molecular weight excluding hydrogens is 358 g/mol. The summed E-state index contributed by atoms with van der Waals surface area (Å²) in [5.74, 6) is -0.331. The van der Waals surface area contributed by atoms with Crippen molar-refractivity contribution in [3.63, 3.8) is 0 Å². The molecule has 2 amide bonds. The van der Waals surface area contributed by atoms with E-state index in [0.717, 1.165) is 17.5 Å². The molecule has 0 radical (unpaired) electrons. The van der Waals surface area contributed by atoms with Crippen molar-refractivity contribution in [3.8, 4) is 5.75 Å². The fourth-order valence-corrected chi connectivity index (χ4v) is 4.36. The minimum absolute atomic E-state index is 0.0153. The second-order valence-corrected chi connectivity index (χ2v) is 7.54. The van der Waals surface area contributed by atoms with Gasteiger partial charge in [-0.2, -0.15) is 0 Å². The van der Waals surface area contributed by atoms with Crippen LogP contribution in [0.25, 0.3) is 0 Å². The monoisotopic (exact) mass is 393 g/mol. The van der Waals surface area contributed by atoms with Crippen molar-refractivity contribution in [2.24, 2.45) is 0 Å². The van der Waals surface area contributed by atoms with Crippen LogP contribution in [0.2, 0.25) is 0 Å². The van der Waals surface area contributed by atoms with Gasteiger partial charge in [0.05, 0.1) is 5.60 Å². The van der Waals surface area contributed by atoms with Crippen molar-refractivity contribution in [2.75, 3.05) is 20.6 Å². The van der Waals surface area contributed by atoms with E-state index in [1.165, 1.54) is 0 Å². The number of carbonyl (C=O) groups is 2. The van der Waals surface area contributed by atoms with E-state index < -0.39 is 16.9 Å². The fourth-order valence-electron chi connectivity index (χ4n) is 4.36. The van der Waals surface area contributed by atoms with Gasteiger partial charge >= 0.3 is 0 Å². The van der Waals surface area contributed by atoms with Crippen molar-refractivity contribution in [3.05, 3.63) is 29.3 Å². The lowest BCUT2D eigenvalue weighted by Crippen LogP contribution is -2.67. The molecule has 3 unspecified atom stereocenters. The van der Waals surface area contributed by atoms with Crippen LogP contribution in [0.5, 0.6) is 5.75 Å². The average Bonchev–Trinajstić information content (AvgIpc) is 2.62. The van der Waals surface area contributed by atoms with E-state index in [1.54, 1.807) is 18.2 Å². The van der Waals surface area contributed by atoms with E-state index in [0.29, 0.717) is 25.8 Å². The maximum Gasteiger partial charge on any atom is 0.227 e. The zero-order valence-electron chi connectivity index (χ0n) is 17.6. The maximum atomic E-state index is 12.3. The van der Waals surface area contributed by atoms with Crippen LogP contribution in [0.4, 0.5) is 0 Å². The molecule has 1 aromatic carbocycles. The first kappa shape index (κ1) is 24.1. The first-order valence-electron chi connectivity index (χ1n) is 9.79. The van der Waals surface area contributed by atoms with E-state index in [9.17, 15) is 19.8 Å². The lowest BCUT2D eigenvalue weighted by Gasteiger charge is -2.55. The molecule has 1 aliphatic rings. The number of rotatable bonds is 6. The minimum atomic E-state index is -1.18. The molecule has 0 aliphatic carbocycles. The second kappa shape index (κ2) is 10.5. The van der Waals surface area contributed by atoms with Crippen LogP contribution in [0.15, 0.2) is 18.2 Å². The molecule has 1 heterocycles. The molecule has 0 bridgehead atoms. The Bertz CT molecular complexity index is 667. The van der Waals surface area contributed by atoms with Crippen LogP contribution in [0.3, 0.4) is 0 Å². The SMILES string of the molecule is CCCC1(O)C(C)NCCC1(CC(=O)NC=O)c1cc(O)ccc1C.CNC. The van der Waals surface area contributed by atoms with Crippen molar-refractivity contribution >= 4 is 12.3 Å². The summed E-state index contributed by atoms with van der Waals surface area (Å²) in [6.45, 7) is 6.45. The zero-order chi connectivity index (χ0) is 21.4. The van der Waals surface area contributed by atoms with E-state index >= 15 is 0 Å². The van der Waals surface area contributed by atoms with Crippen molar-refractivity contribution in [1.82, 2.24) is 16.0 Å². The summed E-state index contributed by atoms with van der Waals surface area (Å²) in [5, 5.41) is 30.0. The van der Waals surface area contributed by atoms with Gasteiger partial charge in [0.2, 0.25) is 12.3 Å². The molecule has 2 rings (SSSR count). The van der Waals surface area contributed by atoms with Gasteiger partial charge in [0.1, 0.15) is 5.75 Å². The molecule has 3 atom stereocenters. The predicted octanol–water partition coefficient (Wildman–Crippen LogP) is 1.35. The van der Waals surface area contributed by atoms with Crippen LogP contribution < -0.4 is 16.0 Å². The van der Waals surface area contributed by atoms with Crippen LogP contribution in [0.1, 0.15) is 50.7 Å². The van der Waals surface area contributed by atoms with Crippen LogP contribution in [-0.4, -0.2) is 54.8 Å². The summed E-state index contributed by atoms with van der Waals surface area (Å²) in [6.07, 6.45) is 2.14. The highest BCUT2D eigenvalue weighted by molar-refractivity contribution is 5.87. The number of phenolic OH excluding ortho intramolecular Hbond substituents is 1. The van der Waals surface area contributed by atoms with Gasteiger partial charge < -0.3 is 20.8 Å². The Hall–Kier alpha value is -1.96. The van der Waals surface area contributed by atoms with Gasteiger partial charge in [0, 0.05) is 17.9 Å². The van der Waals surface area contributed by atoms with Crippen molar-refractivity contribution < 1.29 is 19.8 Å². The van der Waals surface area contributed by atoms with E-state index in [1.807, 2.05) is 34.9 Å². The highest BCUT2D eigenvalue weighted by atomic mass is 16.3. The summed E-state index contributed by atoms with van der Waals surface area (Å²) >= 11 is 0. The molecule has 0 aromatic heterocycles. The molecule has 0 spiro atoms. The molecule has 1 fully saturated rings. The van der Waals surface area contributed by atoms with Crippen LogP contribution >= 0.6 is 0 Å². The van der Waals surface area contributed by atoms with Gasteiger partial charge in [-0.3, -0.25) is 14.9 Å². The first-order valence-corrected chi connectivity index (χ1v) is 9.79. The first-order chi connectivity index (χ1) is 13.2. The van der Waals surface area contributed by atoms with Gasteiger partial charge in [-0.15, -0.1) is 0 Å². The Labute approximate surface area is 167 Å². The van der Waals surface area contributed by atoms with E-state index in [2.05, 4.69) is 16.0 Å². The minimum Gasteiger partial charge on any atom is -0.508 e. The Morgan fingerprint density at radius 1 is 1.39 bits per heavy atom. The van der Waals surface area contributed by atoms with Crippen LogP contribution in [0, 0.1) is 6.92 Å². The highest BCUT2D eigenvalue weighted by Gasteiger charge is 2.57. The van der Waals surface area contributed by atoms with Gasteiger partial charge in [-0.25, -0.2) is 0 Å². The summed E-state index contributed by atoms with van der Waals surface area (Å²) < 4.78 is 0. The molecule has 158 valence electrons. The fraction of sp³-hybridized carbons (Fsp3) is 0.619. The number of aromatic hydroxyl groups is 1. The third kappa shape index (κ3) is 4.90. The lowest BCUT2D eigenvalue weighted by molar-refractivity contribution is -0.135. The number of carbonyl (C=O) groups excluding carboxylic acids is 2. The number of nitrogens with one attached hydrogen (secondary N) is 3. The Morgan fingerprint density at radius 3 is 2.61 bits per heavy atom. The van der Waals surface area contributed by atoms with Gasteiger partial charge in [0.25, 0.3) is 0 Å². The van der Waals surface area contributed by atoms with Gasteiger partial charge in [-0.05, 0) is 70.6 Å². The second-order valence-electron chi connectivity index (χ2n) is 7.54. The Morgan fingerprint density at radius 2 is 2.04 bits per heavy atom. The standard InChI is InChI=1S/C19H28N2O4.C2H7N/c1-4-7-19(25)14(3)20-9-8-18(19,11-17(24)21-12-22)16-10-15(23)6-5-13(16)2;1-3-2/h5-6,10,12,14,20,23,25H,4,7-9,11H2,1-3H3,(H,21,22,24);3H,1-2H3. The van der Waals surface area contributed by atoms with Gasteiger partial charge in [0.15, 0.2) is 0 Å². The number of benzene rings is 1. The summed E-state index contributed by atoms with van der Waals surface area (Å²) in [4.78, 5) is 23.1. The maximum absolute atomic E-state index is 12.3. The van der Waals surface area contributed by atoms with E-state index in [4.69, 9.17) is 0 Å². The molecule has 7 heteroatoms. The molecule has 0 saturated carbocycles. The van der Waals surface area contributed by atoms with E-state index in [-0.39, 0.29) is 18.2 Å². The number of aliphatic hydroxyl groups is 1. The Balaban J connectivity index is 0.00000122. The Kier molecular flexibility index (Phi) is 9.07. The predicted molar refractivity (Wildman–Crippen MR) is 110 cm³/mol. The molecule has 5 N–H and O–H groups in total. The summed E-state index contributed by atoms with van der Waals surface area (Å²) in [7, 11) is 3.75. The third-order valence-electron chi connectivity index (χ3n) is 5.60. The number of piperidine rings is 1. The molecule has 1 aromatic rings. The molecule has 7 nitrogen and oxygen atoms in total. The third-order valence-corrected chi connectivity index (χ3v) is 5.60. The number of imide groups is 1. The van der Waals surface area contributed by atoms with Crippen molar-refractivity contribution in [1.29, 1.82) is 0 Å². The molecular formula is C21H35N3O4. The summed E-state index contributed by atoms with van der Waals surface area (Å²) in [6, 6.07) is 4.80. The molecule has 28 heavy (non-hydrogen) atoms. The molecule has 1 saturated heterocycles. The number of hydrogen-bond acceptors (Lipinski definition) is 6. The number of aryl methyl sites for hydroxylation is 1. The normalized spacial score (nSPS) is 26.7. The molecule has 1 aliphatic heterocycles. The smallest absolute Gasteiger partial charge is 0.227 e. The van der Waals surface area contributed by atoms with Crippen molar-refractivity contribution in [2.45, 2.75) is 63.5 Å². The summed E-state index contributed by atoms with van der Waals surface area (Å²) in [5.41, 5.74) is -0.402. The van der Waals surface area contributed by atoms with Gasteiger partial charge in [-0.1, -0.05) is 19.4 Å². The highest BCUT2D eigenvalue weighted by Crippen LogP contribution is 2.49. The number of amides is 2. The number of hydrogen-bond donors (Lipinski definition) is 5. The zero-order valence-corrected chi connectivity index (χ0v) is 17.6. The quantitative estimate of drug-likeness (QED) is 0.467. The topological polar surface area (TPSA) is 111 Å². The number of phenols is 1. The average molecular weight is 394 g/mol. The largest absolute Gasteiger partial charge is 0.508 e.